The van der Waals surface area contributed by atoms with Crippen LogP contribution in [-0.4, -0.2) is 73.1 Å². The maximum Gasteiger partial charge on any atom is 0.309 e. The number of carbonyl (C=O) groups excluding carboxylic acids is 2. The van der Waals surface area contributed by atoms with Crippen LogP contribution in [0, 0.1) is 17.8 Å². The van der Waals surface area contributed by atoms with Gasteiger partial charge in [-0.15, -0.1) is 0 Å². The van der Waals surface area contributed by atoms with E-state index < -0.39 is 29.7 Å². The Labute approximate surface area is 219 Å². The van der Waals surface area contributed by atoms with Crippen LogP contribution in [0.15, 0.2) is 24.9 Å². The molecule has 2 aliphatic carbocycles. The fourth-order valence-corrected chi connectivity index (χ4v) is 6.59. The van der Waals surface area contributed by atoms with Crippen LogP contribution in [0.5, 0.6) is 0 Å². The van der Waals surface area contributed by atoms with Crippen LogP contribution in [0.3, 0.4) is 0 Å². The molecule has 0 bridgehead atoms. The number of aliphatic hydroxyl groups excluding tert-OH is 1. The van der Waals surface area contributed by atoms with Gasteiger partial charge in [-0.05, 0) is 65.2 Å². The monoisotopic (exact) mass is 521 g/mol. The molecule has 0 aromatic carbocycles. The first-order chi connectivity index (χ1) is 17.6. The number of hydrogen-bond acceptors (Lipinski definition) is 9. The summed E-state index contributed by atoms with van der Waals surface area (Å²) >= 11 is 0. The van der Waals surface area contributed by atoms with Crippen molar-refractivity contribution in [1.82, 2.24) is 5.32 Å². The van der Waals surface area contributed by atoms with Crippen molar-refractivity contribution in [3.8, 4) is 0 Å². The molecule has 0 radical (unpaired) electrons. The molecule has 2 saturated heterocycles. The van der Waals surface area contributed by atoms with E-state index >= 15 is 0 Å². The third-order valence-electron chi connectivity index (χ3n) is 8.96. The second kappa shape index (κ2) is 11.4. The van der Waals surface area contributed by atoms with Crippen molar-refractivity contribution in [2.24, 2.45) is 17.8 Å². The molecule has 5 atom stereocenters. The average molecular weight is 522 g/mol. The summed E-state index contributed by atoms with van der Waals surface area (Å²) in [7, 11) is 1.39. The molecule has 0 spiro atoms. The molecule has 2 unspecified atom stereocenters. The number of hydrogen-bond donors (Lipinski definition) is 2. The standard InChI is InChI=1S/C28H43NO8/c1-6-28-23(37-26(32)19-9-7-18(8-10-19)24(30)33-5)16-34-27(28,4)22(15-35-28)36-25(31)20-11-13-21(14-12-20)29-17(2)3/h6,18-23,25,29,31H,1-2,7-16H2,3-5H3/t18?,19?,20?,21?,22?,23-,25?,27+,28+/m0/s1. The molecule has 9 heteroatoms. The van der Waals surface area contributed by atoms with Gasteiger partial charge in [0.1, 0.15) is 11.7 Å². The molecule has 9 nitrogen and oxygen atoms in total. The fraction of sp³-hybridized carbons (Fsp3) is 0.786. The molecule has 2 N–H and O–H groups in total. The zero-order chi connectivity index (χ0) is 26.8. The predicted octanol–water partition coefficient (Wildman–Crippen LogP) is 3.01. The molecule has 0 aromatic heterocycles. The van der Waals surface area contributed by atoms with Gasteiger partial charge in [0.25, 0.3) is 0 Å². The number of rotatable bonds is 9. The zero-order valence-electron chi connectivity index (χ0n) is 22.4. The lowest BCUT2D eigenvalue weighted by atomic mass is 9.80. The van der Waals surface area contributed by atoms with E-state index in [1.165, 1.54) is 7.11 Å². The van der Waals surface area contributed by atoms with E-state index in [2.05, 4.69) is 18.5 Å². The summed E-state index contributed by atoms with van der Waals surface area (Å²) in [6, 6.07) is 0.380. The first-order valence-electron chi connectivity index (χ1n) is 13.6. The normalized spacial score (nSPS) is 40.3. The van der Waals surface area contributed by atoms with Gasteiger partial charge < -0.3 is 34.1 Å². The largest absolute Gasteiger partial charge is 0.469 e. The number of esters is 2. The SMILES string of the molecule is C=C[C@]12OCC(OC(O)C3CCC(NC(=C)C)CC3)[C@@]1(C)OC[C@@H]2OC(=O)C1CCC(C(=O)OC)CC1. The van der Waals surface area contributed by atoms with Gasteiger partial charge in [-0.3, -0.25) is 9.59 Å². The van der Waals surface area contributed by atoms with Crippen molar-refractivity contribution >= 4 is 11.9 Å². The van der Waals surface area contributed by atoms with E-state index in [4.69, 9.17) is 23.7 Å². The molecule has 2 saturated carbocycles. The van der Waals surface area contributed by atoms with Gasteiger partial charge in [-0.1, -0.05) is 19.2 Å². The van der Waals surface area contributed by atoms with Crippen molar-refractivity contribution in [2.75, 3.05) is 20.3 Å². The average Bonchev–Trinajstić information content (AvgIpc) is 3.33. The zero-order valence-corrected chi connectivity index (χ0v) is 22.4. The van der Waals surface area contributed by atoms with Gasteiger partial charge in [0.15, 0.2) is 18.0 Å². The van der Waals surface area contributed by atoms with E-state index in [-0.39, 0.29) is 42.9 Å². The van der Waals surface area contributed by atoms with Crippen LogP contribution >= 0.6 is 0 Å². The van der Waals surface area contributed by atoms with Crippen LogP contribution in [-0.2, 0) is 33.3 Å². The van der Waals surface area contributed by atoms with Crippen LogP contribution < -0.4 is 5.32 Å². The minimum atomic E-state index is -1.07. The Bertz CT molecular complexity index is 862. The number of fused-ring (bicyclic) bond motifs is 1. The lowest BCUT2D eigenvalue weighted by Crippen LogP contribution is -2.56. The summed E-state index contributed by atoms with van der Waals surface area (Å²) < 4.78 is 29.3. The quantitative estimate of drug-likeness (QED) is 0.269. The number of nitrogens with one attached hydrogen (secondary N) is 1. The third kappa shape index (κ3) is 5.46. The number of ether oxygens (including phenoxy) is 5. The third-order valence-corrected chi connectivity index (χ3v) is 8.96. The Balaban J connectivity index is 1.33. The molecule has 4 rings (SSSR count). The van der Waals surface area contributed by atoms with E-state index in [9.17, 15) is 14.7 Å². The van der Waals surface area contributed by atoms with Crippen molar-refractivity contribution in [1.29, 1.82) is 0 Å². The van der Waals surface area contributed by atoms with Gasteiger partial charge >= 0.3 is 11.9 Å². The summed E-state index contributed by atoms with van der Waals surface area (Å²) in [5.41, 5.74) is -1.07. The summed E-state index contributed by atoms with van der Waals surface area (Å²) in [5.74, 6) is -0.941. The number of aliphatic hydroxyl groups is 1. The summed E-state index contributed by atoms with van der Waals surface area (Å²) in [6.07, 6.45) is 5.46. The first-order valence-corrected chi connectivity index (χ1v) is 13.6. The molecule has 4 aliphatic rings. The van der Waals surface area contributed by atoms with Crippen LogP contribution in [0.25, 0.3) is 0 Å². The minimum Gasteiger partial charge on any atom is -0.469 e. The molecular weight excluding hydrogens is 478 g/mol. The van der Waals surface area contributed by atoms with E-state index in [0.29, 0.717) is 31.7 Å². The molecule has 37 heavy (non-hydrogen) atoms. The smallest absolute Gasteiger partial charge is 0.309 e. The predicted molar refractivity (Wildman–Crippen MR) is 135 cm³/mol. The lowest BCUT2D eigenvalue weighted by molar-refractivity contribution is -0.208. The maximum atomic E-state index is 13.0. The Morgan fingerprint density at radius 1 is 1.00 bits per heavy atom. The number of allylic oxidation sites excluding steroid dienone is 1. The number of carbonyl (C=O) groups is 2. The molecule has 0 aromatic rings. The molecule has 0 amide bonds. The van der Waals surface area contributed by atoms with E-state index in [0.717, 1.165) is 31.4 Å². The molecule has 208 valence electrons. The minimum absolute atomic E-state index is 0.0284. The maximum absolute atomic E-state index is 13.0. The van der Waals surface area contributed by atoms with Crippen molar-refractivity contribution in [3.63, 3.8) is 0 Å². The number of methoxy groups -OCH3 is 1. The second-order valence-corrected chi connectivity index (χ2v) is 11.3. The van der Waals surface area contributed by atoms with Crippen LogP contribution in [0.2, 0.25) is 0 Å². The summed E-state index contributed by atoms with van der Waals surface area (Å²) in [4.78, 5) is 24.9. The van der Waals surface area contributed by atoms with E-state index in [1.807, 2.05) is 13.8 Å². The highest BCUT2D eigenvalue weighted by atomic mass is 16.7. The van der Waals surface area contributed by atoms with Crippen molar-refractivity contribution in [3.05, 3.63) is 24.9 Å². The summed E-state index contributed by atoms with van der Waals surface area (Å²) in [6.45, 7) is 12.1. The molecule has 4 fully saturated rings. The Kier molecular flexibility index (Phi) is 8.68. The lowest BCUT2D eigenvalue weighted by Gasteiger charge is -2.39. The second-order valence-electron chi connectivity index (χ2n) is 11.3. The van der Waals surface area contributed by atoms with Gasteiger partial charge in [0.2, 0.25) is 0 Å². The van der Waals surface area contributed by atoms with Crippen molar-refractivity contribution in [2.45, 2.75) is 101 Å². The Morgan fingerprint density at radius 2 is 1.59 bits per heavy atom. The Morgan fingerprint density at radius 3 is 2.16 bits per heavy atom. The highest BCUT2D eigenvalue weighted by molar-refractivity contribution is 5.75. The van der Waals surface area contributed by atoms with Crippen LogP contribution in [0.1, 0.15) is 65.2 Å². The highest BCUT2D eigenvalue weighted by Crippen LogP contribution is 2.50. The van der Waals surface area contributed by atoms with Gasteiger partial charge in [0, 0.05) is 17.7 Å². The molecular formula is C28H43NO8. The summed E-state index contributed by atoms with van der Waals surface area (Å²) in [5, 5.41) is 14.3. The van der Waals surface area contributed by atoms with Gasteiger partial charge in [0.05, 0.1) is 32.2 Å². The van der Waals surface area contributed by atoms with Crippen LogP contribution in [0.4, 0.5) is 0 Å². The van der Waals surface area contributed by atoms with Crippen molar-refractivity contribution < 1.29 is 38.4 Å². The molecule has 2 heterocycles. The van der Waals surface area contributed by atoms with Gasteiger partial charge in [-0.2, -0.15) is 0 Å². The topological polar surface area (TPSA) is 113 Å². The Hall–Kier alpha value is -1.94. The highest BCUT2D eigenvalue weighted by Gasteiger charge is 2.69. The van der Waals surface area contributed by atoms with Gasteiger partial charge in [-0.25, -0.2) is 0 Å². The first kappa shape index (κ1) is 28.1. The van der Waals surface area contributed by atoms with E-state index in [1.54, 1.807) is 6.08 Å². The molecule has 2 aliphatic heterocycles. The fourth-order valence-electron chi connectivity index (χ4n) is 6.59.